The fourth-order valence-electron chi connectivity index (χ4n) is 1.33. The van der Waals surface area contributed by atoms with E-state index in [4.69, 9.17) is 10.2 Å². The molecule has 13 heavy (non-hydrogen) atoms. The summed E-state index contributed by atoms with van der Waals surface area (Å²) < 4.78 is 5.28. The zero-order chi connectivity index (χ0) is 9.68. The fourth-order valence-corrected chi connectivity index (χ4v) is 1.33. The molecule has 1 atom stereocenters. The quantitative estimate of drug-likeness (QED) is 0.749. The van der Waals surface area contributed by atoms with Gasteiger partial charge in [0.15, 0.2) is 0 Å². The van der Waals surface area contributed by atoms with E-state index in [1.807, 2.05) is 12.1 Å². The van der Waals surface area contributed by atoms with Crippen molar-refractivity contribution in [3.8, 4) is 0 Å². The molecule has 1 aromatic rings. The third kappa shape index (κ3) is 2.86. The highest BCUT2D eigenvalue weighted by Gasteiger charge is 2.11. The topological polar surface area (TPSA) is 42.4 Å². The largest absolute Gasteiger partial charge is 0.468 e. The first-order valence-electron chi connectivity index (χ1n) is 4.74. The lowest BCUT2D eigenvalue weighted by Gasteiger charge is -2.25. The lowest BCUT2D eigenvalue weighted by atomic mass is 10.2. The van der Waals surface area contributed by atoms with Crippen molar-refractivity contribution in [1.82, 2.24) is 4.90 Å². The van der Waals surface area contributed by atoms with Gasteiger partial charge in [0.05, 0.1) is 12.8 Å². The molecule has 1 aromatic heterocycles. The Labute approximate surface area is 79.5 Å². The predicted molar refractivity (Wildman–Crippen MR) is 53.3 cm³/mol. The molecular weight excluding hydrogens is 164 g/mol. The van der Waals surface area contributed by atoms with Crippen LogP contribution in [0.25, 0.3) is 0 Å². The number of nitrogens with two attached hydrogens (primary N) is 1. The van der Waals surface area contributed by atoms with Crippen LogP contribution in [-0.2, 0) is 6.54 Å². The van der Waals surface area contributed by atoms with E-state index in [1.54, 1.807) is 6.26 Å². The normalized spacial score (nSPS) is 13.5. The Hall–Kier alpha value is -0.800. The number of hydrogen-bond donors (Lipinski definition) is 1. The minimum atomic E-state index is 0.412. The molecule has 0 amide bonds. The summed E-state index contributed by atoms with van der Waals surface area (Å²) in [6.45, 7) is 6.80. The molecule has 0 aromatic carbocycles. The minimum absolute atomic E-state index is 0.412. The maximum atomic E-state index is 5.61. The van der Waals surface area contributed by atoms with Crippen LogP contribution in [0.5, 0.6) is 0 Å². The number of nitrogens with zero attached hydrogens (tertiary/aromatic N) is 1. The molecule has 0 bridgehead atoms. The summed E-state index contributed by atoms with van der Waals surface area (Å²) in [4.78, 5) is 2.29. The molecule has 1 rings (SSSR count). The van der Waals surface area contributed by atoms with E-state index in [1.165, 1.54) is 0 Å². The van der Waals surface area contributed by atoms with Crippen LogP contribution in [0.3, 0.4) is 0 Å². The zero-order valence-corrected chi connectivity index (χ0v) is 8.36. The Bertz CT molecular complexity index is 221. The summed E-state index contributed by atoms with van der Waals surface area (Å²) in [5, 5.41) is 0. The number of furan rings is 1. The summed E-state index contributed by atoms with van der Waals surface area (Å²) in [6.07, 6.45) is 1.70. The zero-order valence-electron chi connectivity index (χ0n) is 8.36. The first kappa shape index (κ1) is 10.3. The van der Waals surface area contributed by atoms with Crippen LogP contribution < -0.4 is 5.73 Å². The Morgan fingerprint density at radius 3 is 2.85 bits per heavy atom. The highest BCUT2D eigenvalue weighted by atomic mass is 16.3. The molecular formula is C10H18N2O. The van der Waals surface area contributed by atoms with Crippen LogP contribution in [0.4, 0.5) is 0 Å². The minimum Gasteiger partial charge on any atom is -0.468 e. The van der Waals surface area contributed by atoms with Crippen LogP contribution in [-0.4, -0.2) is 24.0 Å². The monoisotopic (exact) mass is 182 g/mol. The van der Waals surface area contributed by atoms with E-state index in [0.717, 1.165) is 18.8 Å². The van der Waals surface area contributed by atoms with E-state index < -0.39 is 0 Å². The lowest BCUT2D eigenvalue weighted by Crippen LogP contribution is -2.37. The van der Waals surface area contributed by atoms with Crippen molar-refractivity contribution in [3.05, 3.63) is 24.2 Å². The van der Waals surface area contributed by atoms with Crippen LogP contribution >= 0.6 is 0 Å². The second kappa shape index (κ2) is 5.04. The highest BCUT2D eigenvalue weighted by Crippen LogP contribution is 2.07. The third-order valence-corrected chi connectivity index (χ3v) is 2.31. The van der Waals surface area contributed by atoms with Crippen LogP contribution in [0, 0.1) is 0 Å². The second-order valence-corrected chi connectivity index (χ2v) is 3.23. The van der Waals surface area contributed by atoms with Gasteiger partial charge in [0.2, 0.25) is 0 Å². The van der Waals surface area contributed by atoms with Crippen molar-refractivity contribution < 1.29 is 4.42 Å². The molecule has 0 spiro atoms. The van der Waals surface area contributed by atoms with Crippen molar-refractivity contribution in [1.29, 1.82) is 0 Å². The third-order valence-electron chi connectivity index (χ3n) is 2.31. The van der Waals surface area contributed by atoms with E-state index in [2.05, 4.69) is 18.7 Å². The molecule has 3 nitrogen and oxygen atoms in total. The summed E-state index contributed by atoms with van der Waals surface area (Å²) in [5.41, 5.74) is 5.61. The summed E-state index contributed by atoms with van der Waals surface area (Å²) >= 11 is 0. The van der Waals surface area contributed by atoms with E-state index >= 15 is 0 Å². The van der Waals surface area contributed by atoms with Crippen molar-refractivity contribution in [3.63, 3.8) is 0 Å². The molecule has 0 aliphatic carbocycles. The molecule has 0 aliphatic heterocycles. The number of hydrogen-bond acceptors (Lipinski definition) is 3. The molecule has 3 heteroatoms. The smallest absolute Gasteiger partial charge is 0.117 e. The molecule has 2 N–H and O–H groups in total. The van der Waals surface area contributed by atoms with Crippen molar-refractivity contribution >= 4 is 0 Å². The standard InChI is InChI=1S/C10H18N2O/c1-3-12(9(2)7-11)8-10-5-4-6-13-10/h4-6,9H,3,7-8,11H2,1-2H3. The summed E-state index contributed by atoms with van der Waals surface area (Å²) in [7, 11) is 0. The Kier molecular flexibility index (Phi) is 3.99. The average molecular weight is 182 g/mol. The van der Waals surface area contributed by atoms with Gasteiger partial charge in [-0.05, 0) is 25.6 Å². The van der Waals surface area contributed by atoms with Gasteiger partial charge in [0, 0.05) is 12.6 Å². The number of likely N-dealkylation sites (N-methyl/N-ethyl adjacent to an activating group) is 1. The van der Waals surface area contributed by atoms with Crippen LogP contribution in [0.15, 0.2) is 22.8 Å². The molecule has 0 fully saturated rings. The molecule has 0 saturated carbocycles. The van der Waals surface area contributed by atoms with Crippen LogP contribution in [0.2, 0.25) is 0 Å². The van der Waals surface area contributed by atoms with Gasteiger partial charge in [-0.15, -0.1) is 0 Å². The lowest BCUT2D eigenvalue weighted by molar-refractivity contribution is 0.199. The van der Waals surface area contributed by atoms with Gasteiger partial charge in [0.25, 0.3) is 0 Å². The van der Waals surface area contributed by atoms with Crippen molar-refractivity contribution in [2.24, 2.45) is 5.73 Å². The maximum Gasteiger partial charge on any atom is 0.117 e. The average Bonchev–Trinajstić information content (AvgIpc) is 2.65. The SMILES string of the molecule is CCN(Cc1ccco1)C(C)CN. The Morgan fingerprint density at radius 2 is 2.38 bits per heavy atom. The maximum absolute atomic E-state index is 5.61. The van der Waals surface area contributed by atoms with E-state index in [9.17, 15) is 0 Å². The van der Waals surface area contributed by atoms with Gasteiger partial charge in [-0.2, -0.15) is 0 Å². The van der Waals surface area contributed by atoms with Crippen molar-refractivity contribution in [2.45, 2.75) is 26.4 Å². The number of rotatable bonds is 5. The molecule has 1 unspecified atom stereocenters. The van der Waals surface area contributed by atoms with Crippen LogP contribution in [0.1, 0.15) is 19.6 Å². The fraction of sp³-hybridized carbons (Fsp3) is 0.600. The molecule has 0 saturated heterocycles. The Morgan fingerprint density at radius 1 is 1.62 bits per heavy atom. The van der Waals surface area contributed by atoms with Gasteiger partial charge in [-0.3, -0.25) is 4.90 Å². The first-order chi connectivity index (χ1) is 6.27. The van der Waals surface area contributed by atoms with Gasteiger partial charge >= 0.3 is 0 Å². The van der Waals surface area contributed by atoms with Gasteiger partial charge < -0.3 is 10.2 Å². The highest BCUT2D eigenvalue weighted by molar-refractivity contribution is 4.98. The molecule has 74 valence electrons. The molecule has 1 heterocycles. The first-order valence-corrected chi connectivity index (χ1v) is 4.74. The van der Waals surface area contributed by atoms with E-state index in [-0.39, 0.29) is 0 Å². The van der Waals surface area contributed by atoms with Gasteiger partial charge in [-0.25, -0.2) is 0 Å². The van der Waals surface area contributed by atoms with Gasteiger partial charge in [-0.1, -0.05) is 6.92 Å². The van der Waals surface area contributed by atoms with E-state index in [0.29, 0.717) is 12.6 Å². The summed E-state index contributed by atoms with van der Waals surface area (Å²) in [6, 6.07) is 4.32. The molecule has 0 radical (unpaired) electrons. The van der Waals surface area contributed by atoms with Gasteiger partial charge in [0.1, 0.15) is 5.76 Å². The second-order valence-electron chi connectivity index (χ2n) is 3.23. The Balaban J connectivity index is 2.49. The van der Waals surface area contributed by atoms with Crippen molar-refractivity contribution in [2.75, 3.05) is 13.1 Å². The molecule has 0 aliphatic rings. The summed E-state index contributed by atoms with van der Waals surface area (Å²) in [5.74, 6) is 1.00. The predicted octanol–water partition coefficient (Wildman–Crippen LogP) is 1.45.